The third-order valence-electron chi connectivity index (χ3n) is 2.80. The fourth-order valence-corrected chi connectivity index (χ4v) is 1.74. The molecule has 0 fully saturated rings. The normalized spacial score (nSPS) is 12.8. The summed E-state index contributed by atoms with van der Waals surface area (Å²) in [5, 5.41) is 3.20. The molecule has 1 nitrogen and oxygen atoms in total. The Morgan fingerprint density at radius 1 is 1.40 bits per heavy atom. The Balaban J connectivity index is 2.92. The monoisotopic (exact) mass is 209 g/mol. The van der Waals surface area contributed by atoms with Crippen LogP contribution in [0.4, 0.5) is 4.39 Å². The average Bonchev–Trinajstić information content (AvgIpc) is 2.25. The average molecular weight is 209 g/mol. The van der Waals surface area contributed by atoms with Crippen molar-refractivity contribution in [3.8, 4) is 0 Å². The number of hydrogen-bond donors (Lipinski definition) is 1. The van der Waals surface area contributed by atoms with Crippen LogP contribution >= 0.6 is 0 Å². The van der Waals surface area contributed by atoms with Gasteiger partial charge in [0.1, 0.15) is 5.82 Å². The minimum Gasteiger partial charge on any atom is -0.313 e. The van der Waals surface area contributed by atoms with Crippen molar-refractivity contribution in [2.75, 3.05) is 7.05 Å². The summed E-state index contributed by atoms with van der Waals surface area (Å²) in [6, 6.07) is 5.39. The van der Waals surface area contributed by atoms with E-state index in [9.17, 15) is 4.39 Å². The molecule has 0 spiro atoms. The molecule has 0 aliphatic carbocycles. The molecule has 84 valence electrons. The Morgan fingerprint density at radius 3 is 2.73 bits per heavy atom. The molecular formula is C13H20FN. The summed E-state index contributed by atoms with van der Waals surface area (Å²) < 4.78 is 13.1. The zero-order valence-corrected chi connectivity index (χ0v) is 9.81. The number of aryl methyl sites for hydroxylation is 1. The number of unbranched alkanes of at least 4 members (excludes halogenated alkanes) is 1. The third kappa shape index (κ3) is 3.31. The lowest BCUT2D eigenvalue weighted by Crippen LogP contribution is -2.14. The smallest absolute Gasteiger partial charge is 0.123 e. The highest BCUT2D eigenvalue weighted by molar-refractivity contribution is 5.30. The van der Waals surface area contributed by atoms with Crippen LogP contribution in [-0.2, 0) is 6.42 Å². The largest absolute Gasteiger partial charge is 0.313 e. The molecule has 0 bridgehead atoms. The molecule has 1 N–H and O–H groups in total. The molecule has 0 saturated carbocycles. The zero-order chi connectivity index (χ0) is 11.3. The van der Waals surface area contributed by atoms with Crippen LogP contribution in [0.3, 0.4) is 0 Å². The Kier molecular flexibility index (Phi) is 4.76. The summed E-state index contributed by atoms with van der Waals surface area (Å²) in [7, 11) is 1.93. The molecular weight excluding hydrogens is 189 g/mol. The molecule has 2 heteroatoms. The molecule has 1 rings (SSSR count). The first-order chi connectivity index (χ1) is 7.19. The Bertz CT molecular complexity index is 309. The van der Waals surface area contributed by atoms with Gasteiger partial charge in [-0.25, -0.2) is 4.39 Å². The highest BCUT2D eigenvalue weighted by Crippen LogP contribution is 2.20. The van der Waals surface area contributed by atoms with Crippen molar-refractivity contribution >= 4 is 0 Å². The van der Waals surface area contributed by atoms with Crippen molar-refractivity contribution < 1.29 is 4.39 Å². The Hall–Kier alpha value is -0.890. The number of nitrogens with one attached hydrogen (secondary N) is 1. The standard InChI is InChI=1S/C13H20FN/c1-4-5-6-11-9-12(14)7-8-13(11)10(2)15-3/h7-10,15H,4-6H2,1-3H3. The quantitative estimate of drug-likeness (QED) is 0.783. The van der Waals surface area contributed by atoms with Crippen LogP contribution in [0.5, 0.6) is 0 Å². The van der Waals surface area contributed by atoms with Crippen molar-refractivity contribution in [3.63, 3.8) is 0 Å². The van der Waals surface area contributed by atoms with E-state index in [1.165, 1.54) is 5.56 Å². The van der Waals surface area contributed by atoms with E-state index in [0.717, 1.165) is 24.8 Å². The number of rotatable bonds is 5. The lowest BCUT2D eigenvalue weighted by Gasteiger charge is -2.15. The van der Waals surface area contributed by atoms with Crippen LogP contribution in [-0.4, -0.2) is 7.05 Å². The summed E-state index contributed by atoms with van der Waals surface area (Å²) in [5.74, 6) is -0.131. The first kappa shape index (κ1) is 12.2. The molecule has 1 aromatic rings. The highest BCUT2D eigenvalue weighted by Gasteiger charge is 2.09. The number of benzene rings is 1. The van der Waals surface area contributed by atoms with Gasteiger partial charge < -0.3 is 5.32 Å². The first-order valence-electron chi connectivity index (χ1n) is 5.64. The van der Waals surface area contributed by atoms with E-state index in [1.807, 2.05) is 13.1 Å². The summed E-state index contributed by atoms with van der Waals surface area (Å²) in [6.45, 7) is 4.25. The molecule has 1 unspecified atom stereocenters. The second kappa shape index (κ2) is 5.86. The topological polar surface area (TPSA) is 12.0 Å². The minimum absolute atomic E-state index is 0.131. The highest BCUT2D eigenvalue weighted by atomic mass is 19.1. The maximum Gasteiger partial charge on any atom is 0.123 e. The summed E-state index contributed by atoms with van der Waals surface area (Å²) in [6.07, 6.45) is 3.23. The van der Waals surface area contributed by atoms with Gasteiger partial charge in [-0.2, -0.15) is 0 Å². The SMILES string of the molecule is CCCCc1cc(F)ccc1C(C)NC. The van der Waals surface area contributed by atoms with Gasteiger partial charge in [0, 0.05) is 6.04 Å². The van der Waals surface area contributed by atoms with Gasteiger partial charge in [-0.15, -0.1) is 0 Å². The predicted molar refractivity (Wildman–Crippen MR) is 62.5 cm³/mol. The van der Waals surface area contributed by atoms with Gasteiger partial charge in [-0.05, 0) is 50.1 Å². The Morgan fingerprint density at radius 2 is 2.13 bits per heavy atom. The van der Waals surface area contributed by atoms with E-state index in [0.29, 0.717) is 0 Å². The van der Waals surface area contributed by atoms with Crippen molar-refractivity contribution in [2.24, 2.45) is 0 Å². The molecule has 0 saturated heterocycles. The maximum absolute atomic E-state index is 13.1. The van der Waals surface area contributed by atoms with Gasteiger partial charge in [0.2, 0.25) is 0 Å². The van der Waals surface area contributed by atoms with Gasteiger partial charge in [-0.3, -0.25) is 0 Å². The molecule has 1 aromatic carbocycles. The summed E-state index contributed by atoms with van der Waals surface area (Å²) >= 11 is 0. The van der Waals surface area contributed by atoms with Crippen molar-refractivity contribution in [2.45, 2.75) is 39.2 Å². The van der Waals surface area contributed by atoms with Crippen LogP contribution in [0.2, 0.25) is 0 Å². The fourth-order valence-electron chi connectivity index (χ4n) is 1.74. The summed E-state index contributed by atoms with van der Waals surface area (Å²) in [4.78, 5) is 0. The molecule has 0 radical (unpaired) electrons. The van der Waals surface area contributed by atoms with Crippen LogP contribution in [0.15, 0.2) is 18.2 Å². The Labute approximate surface area is 91.7 Å². The fraction of sp³-hybridized carbons (Fsp3) is 0.538. The van der Waals surface area contributed by atoms with Gasteiger partial charge in [0.15, 0.2) is 0 Å². The van der Waals surface area contributed by atoms with E-state index in [1.54, 1.807) is 12.1 Å². The molecule has 0 aliphatic rings. The van der Waals surface area contributed by atoms with Gasteiger partial charge >= 0.3 is 0 Å². The third-order valence-corrected chi connectivity index (χ3v) is 2.80. The number of hydrogen-bond acceptors (Lipinski definition) is 1. The lowest BCUT2D eigenvalue weighted by atomic mass is 9.97. The van der Waals surface area contributed by atoms with Crippen LogP contribution in [0.25, 0.3) is 0 Å². The van der Waals surface area contributed by atoms with E-state index >= 15 is 0 Å². The molecule has 15 heavy (non-hydrogen) atoms. The van der Waals surface area contributed by atoms with Gasteiger partial charge in [0.05, 0.1) is 0 Å². The van der Waals surface area contributed by atoms with Crippen molar-refractivity contribution in [1.82, 2.24) is 5.32 Å². The maximum atomic E-state index is 13.1. The second-order valence-electron chi connectivity index (χ2n) is 3.96. The lowest BCUT2D eigenvalue weighted by molar-refractivity contribution is 0.609. The van der Waals surface area contributed by atoms with Crippen molar-refractivity contribution in [1.29, 1.82) is 0 Å². The van der Waals surface area contributed by atoms with Crippen molar-refractivity contribution in [3.05, 3.63) is 35.1 Å². The van der Waals surface area contributed by atoms with Crippen LogP contribution in [0.1, 0.15) is 43.9 Å². The van der Waals surface area contributed by atoms with Crippen LogP contribution < -0.4 is 5.32 Å². The van der Waals surface area contributed by atoms with Gasteiger partial charge in [-0.1, -0.05) is 19.4 Å². The predicted octanol–water partition coefficient (Wildman–Crippen LogP) is 3.45. The van der Waals surface area contributed by atoms with E-state index in [-0.39, 0.29) is 11.9 Å². The number of halogens is 1. The molecule has 1 atom stereocenters. The molecule has 0 aliphatic heterocycles. The summed E-state index contributed by atoms with van der Waals surface area (Å²) in [5.41, 5.74) is 2.35. The van der Waals surface area contributed by atoms with Gasteiger partial charge in [0.25, 0.3) is 0 Å². The minimum atomic E-state index is -0.131. The van der Waals surface area contributed by atoms with E-state index in [2.05, 4.69) is 19.2 Å². The van der Waals surface area contributed by atoms with E-state index in [4.69, 9.17) is 0 Å². The zero-order valence-electron chi connectivity index (χ0n) is 9.81. The molecule has 0 heterocycles. The van der Waals surface area contributed by atoms with Crippen LogP contribution in [0, 0.1) is 5.82 Å². The second-order valence-corrected chi connectivity index (χ2v) is 3.96. The first-order valence-corrected chi connectivity index (χ1v) is 5.64. The molecule has 0 amide bonds. The molecule has 0 aromatic heterocycles. The van der Waals surface area contributed by atoms with E-state index < -0.39 is 0 Å².